The molecule has 1 aromatic carbocycles. The van der Waals surface area contributed by atoms with Crippen molar-refractivity contribution in [3.8, 4) is 22.8 Å². The number of carbonyl (C=O) groups is 1. The summed E-state index contributed by atoms with van der Waals surface area (Å²) in [5.41, 5.74) is 3.14. The topological polar surface area (TPSA) is 100 Å². The molecule has 1 amide bonds. The van der Waals surface area contributed by atoms with Crippen molar-refractivity contribution in [2.24, 2.45) is 0 Å². The van der Waals surface area contributed by atoms with Crippen molar-refractivity contribution in [1.82, 2.24) is 20.2 Å². The molecule has 0 saturated heterocycles. The number of aromatic nitrogens is 3. The lowest BCUT2D eigenvalue weighted by Crippen LogP contribution is -2.21. The lowest BCUT2D eigenvalue weighted by atomic mass is 10.1. The van der Waals surface area contributed by atoms with E-state index < -0.39 is 5.91 Å². The van der Waals surface area contributed by atoms with Gasteiger partial charge in [0.15, 0.2) is 5.82 Å². The Hall–Kier alpha value is -3.19. The smallest absolute Gasteiger partial charge is 0.278 e. The molecule has 3 rings (SSSR count). The predicted molar refractivity (Wildman–Crippen MR) is 77.7 cm³/mol. The maximum Gasteiger partial charge on any atom is 0.278 e. The molecular formula is C15H12N4O3. The van der Waals surface area contributed by atoms with E-state index in [1.807, 2.05) is 6.07 Å². The summed E-state index contributed by atoms with van der Waals surface area (Å²) in [7, 11) is 0. The molecule has 0 spiro atoms. The lowest BCUT2D eigenvalue weighted by molar-refractivity contribution is 0.0705. The Morgan fingerprint density at radius 1 is 1.18 bits per heavy atom. The van der Waals surface area contributed by atoms with Crippen molar-refractivity contribution >= 4 is 5.91 Å². The lowest BCUT2D eigenvalue weighted by Gasteiger charge is -2.06. The Balaban J connectivity index is 2.03. The highest BCUT2D eigenvalue weighted by atomic mass is 16.5. The first-order chi connectivity index (χ1) is 10.7. The van der Waals surface area contributed by atoms with Gasteiger partial charge in [-0.25, -0.2) is 15.1 Å². The molecule has 0 fully saturated rings. The zero-order chi connectivity index (χ0) is 15.5. The van der Waals surface area contributed by atoms with Gasteiger partial charge in [0.2, 0.25) is 0 Å². The van der Waals surface area contributed by atoms with Crippen molar-refractivity contribution in [2.45, 2.75) is 0 Å². The second-order valence-corrected chi connectivity index (χ2v) is 4.51. The second kappa shape index (κ2) is 5.66. The third-order valence-electron chi connectivity index (χ3n) is 3.08. The van der Waals surface area contributed by atoms with Crippen LogP contribution in [0.3, 0.4) is 0 Å². The fraction of sp³-hybridized carbons (Fsp3) is 0. The molecule has 0 aliphatic carbocycles. The highest BCUT2D eigenvalue weighted by Gasteiger charge is 2.14. The standard InChI is InChI=1S/C15H12N4O3/c20-11-4-1-3-10(9-11)13-6-8-19(17-13)14-12(15(21)18-22)5-2-7-16-14/h1-9,20,22H,(H,18,21). The zero-order valence-electron chi connectivity index (χ0n) is 11.3. The molecule has 2 heterocycles. The summed E-state index contributed by atoms with van der Waals surface area (Å²) in [6, 6.07) is 11.6. The number of hydrogen-bond donors (Lipinski definition) is 3. The van der Waals surface area contributed by atoms with E-state index in [1.54, 1.807) is 42.0 Å². The maximum absolute atomic E-state index is 11.7. The van der Waals surface area contributed by atoms with Crippen LogP contribution in [0.25, 0.3) is 17.1 Å². The van der Waals surface area contributed by atoms with Gasteiger partial charge in [-0.3, -0.25) is 10.0 Å². The molecule has 0 unspecified atom stereocenters. The highest BCUT2D eigenvalue weighted by molar-refractivity contribution is 5.96. The van der Waals surface area contributed by atoms with Gasteiger partial charge < -0.3 is 5.11 Å². The molecule has 3 N–H and O–H groups in total. The van der Waals surface area contributed by atoms with Gasteiger partial charge in [0.1, 0.15) is 5.75 Å². The molecule has 0 saturated carbocycles. The van der Waals surface area contributed by atoms with Crippen LogP contribution in [0.5, 0.6) is 5.75 Å². The van der Waals surface area contributed by atoms with Crippen molar-refractivity contribution in [1.29, 1.82) is 0 Å². The van der Waals surface area contributed by atoms with Crippen LogP contribution in [-0.4, -0.2) is 31.0 Å². The van der Waals surface area contributed by atoms with Crippen LogP contribution < -0.4 is 5.48 Å². The third-order valence-corrected chi connectivity index (χ3v) is 3.08. The van der Waals surface area contributed by atoms with Crippen LogP contribution in [0.2, 0.25) is 0 Å². The van der Waals surface area contributed by atoms with Crippen LogP contribution in [0, 0.1) is 0 Å². The minimum atomic E-state index is -0.669. The summed E-state index contributed by atoms with van der Waals surface area (Å²) in [5.74, 6) is -0.233. The Labute approximate surface area is 125 Å². The summed E-state index contributed by atoms with van der Waals surface area (Å²) in [4.78, 5) is 15.8. The van der Waals surface area contributed by atoms with E-state index in [0.717, 1.165) is 5.56 Å². The average Bonchev–Trinajstić information content (AvgIpc) is 3.04. The number of aromatic hydroxyl groups is 1. The fourth-order valence-electron chi connectivity index (χ4n) is 2.08. The van der Waals surface area contributed by atoms with E-state index in [4.69, 9.17) is 5.21 Å². The van der Waals surface area contributed by atoms with E-state index in [1.165, 1.54) is 16.9 Å². The minimum absolute atomic E-state index is 0.144. The van der Waals surface area contributed by atoms with E-state index >= 15 is 0 Å². The SMILES string of the molecule is O=C(NO)c1cccnc1-n1ccc(-c2cccc(O)c2)n1. The van der Waals surface area contributed by atoms with Gasteiger partial charge in [-0.2, -0.15) is 5.10 Å². The number of hydrogen-bond acceptors (Lipinski definition) is 5. The molecule has 110 valence electrons. The van der Waals surface area contributed by atoms with Crippen molar-refractivity contribution < 1.29 is 15.1 Å². The Kier molecular flexibility index (Phi) is 3.55. The van der Waals surface area contributed by atoms with Gasteiger partial charge in [-0.1, -0.05) is 12.1 Å². The molecule has 2 aromatic heterocycles. The first-order valence-corrected chi connectivity index (χ1v) is 6.44. The minimum Gasteiger partial charge on any atom is -0.508 e. The number of phenols is 1. The summed E-state index contributed by atoms with van der Waals surface area (Å²) < 4.78 is 1.43. The number of benzene rings is 1. The Bertz CT molecular complexity index is 829. The molecule has 0 aliphatic rings. The predicted octanol–water partition coefficient (Wildman–Crippen LogP) is 1.76. The van der Waals surface area contributed by atoms with Crippen LogP contribution in [0.4, 0.5) is 0 Å². The number of amides is 1. The normalized spacial score (nSPS) is 10.4. The fourth-order valence-corrected chi connectivity index (χ4v) is 2.08. The van der Waals surface area contributed by atoms with Crippen LogP contribution in [0.15, 0.2) is 54.9 Å². The van der Waals surface area contributed by atoms with Gasteiger partial charge in [-0.15, -0.1) is 0 Å². The Morgan fingerprint density at radius 2 is 2.05 bits per heavy atom. The maximum atomic E-state index is 11.7. The van der Waals surface area contributed by atoms with Gasteiger partial charge in [0.25, 0.3) is 5.91 Å². The number of phenolic OH excluding ortho intramolecular Hbond substituents is 1. The van der Waals surface area contributed by atoms with Crippen LogP contribution in [-0.2, 0) is 0 Å². The molecule has 0 aliphatic heterocycles. The summed E-state index contributed by atoms with van der Waals surface area (Å²) in [6.45, 7) is 0. The molecule has 7 heteroatoms. The summed E-state index contributed by atoms with van der Waals surface area (Å²) >= 11 is 0. The summed E-state index contributed by atoms with van der Waals surface area (Å²) in [6.07, 6.45) is 3.18. The number of nitrogens with zero attached hydrogens (tertiary/aromatic N) is 3. The quantitative estimate of drug-likeness (QED) is 0.505. The highest BCUT2D eigenvalue weighted by Crippen LogP contribution is 2.22. The first-order valence-electron chi connectivity index (χ1n) is 6.44. The van der Waals surface area contributed by atoms with E-state index in [0.29, 0.717) is 11.5 Å². The van der Waals surface area contributed by atoms with Crippen LogP contribution >= 0.6 is 0 Å². The average molecular weight is 296 g/mol. The molecule has 0 atom stereocenters. The number of hydroxylamine groups is 1. The number of rotatable bonds is 3. The molecule has 3 aromatic rings. The third kappa shape index (κ3) is 2.52. The van der Waals surface area contributed by atoms with Crippen molar-refractivity contribution in [3.05, 3.63) is 60.4 Å². The monoisotopic (exact) mass is 296 g/mol. The van der Waals surface area contributed by atoms with Gasteiger partial charge in [0, 0.05) is 18.0 Å². The molecule has 7 nitrogen and oxygen atoms in total. The largest absolute Gasteiger partial charge is 0.508 e. The zero-order valence-corrected chi connectivity index (χ0v) is 11.3. The molecular weight excluding hydrogens is 284 g/mol. The van der Waals surface area contributed by atoms with E-state index in [9.17, 15) is 9.90 Å². The van der Waals surface area contributed by atoms with Gasteiger partial charge >= 0.3 is 0 Å². The second-order valence-electron chi connectivity index (χ2n) is 4.51. The van der Waals surface area contributed by atoms with E-state index in [-0.39, 0.29) is 11.3 Å². The Morgan fingerprint density at radius 3 is 2.82 bits per heavy atom. The molecule has 22 heavy (non-hydrogen) atoms. The first kappa shape index (κ1) is 13.8. The van der Waals surface area contributed by atoms with Gasteiger partial charge in [0.05, 0.1) is 11.3 Å². The van der Waals surface area contributed by atoms with Crippen LogP contribution in [0.1, 0.15) is 10.4 Å². The number of carbonyl (C=O) groups excluding carboxylic acids is 1. The molecule has 0 bridgehead atoms. The van der Waals surface area contributed by atoms with Crippen molar-refractivity contribution in [2.75, 3.05) is 0 Å². The summed E-state index contributed by atoms with van der Waals surface area (Å²) in [5, 5.41) is 22.7. The van der Waals surface area contributed by atoms with E-state index in [2.05, 4.69) is 10.1 Å². The number of nitrogens with one attached hydrogen (secondary N) is 1. The molecule has 0 radical (unpaired) electrons. The number of pyridine rings is 1. The van der Waals surface area contributed by atoms with Gasteiger partial charge in [-0.05, 0) is 30.3 Å². The van der Waals surface area contributed by atoms with Crippen molar-refractivity contribution in [3.63, 3.8) is 0 Å².